The minimum atomic E-state index is -0.877. The number of carbonyl (C=O) groups is 3. The first kappa shape index (κ1) is 22.4. The number of hydrogen-bond donors (Lipinski definition) is 2. The molecule has 3 aliphatic rings. The minimum absolute atomic E-state index is 0.0494. The topological polar surface area (TPSA) is 95.9 Å². The highest BCUT2D eigenvalue weighted by molar-refractivity contribution is 5.87. The Kier molecular flexibility index (Phi) is 6.02. The maximum atomic E-state index is 13.3. The Morgan fingerprint density at radius 1 is 1.03 bits per heavy atom. The maximum Gasteiger partial charge on any atom is 0.407 e. The number of alkyl carbamates (subject to hydrolysis) is 1. The Labute approximate surface area is 199 Å². The van der Waals surface area contributed by atoms with E-state index in [1.807, 2.05) is 24.3 Å². The van der Waals surface area contributed by atoms with Crippen LogP contribution in [0.3, 0.4) is 0 Å². The normalized spacial score (nSPS) is 22.4. The Bertz CT molecular complexity index is 1070. The third-order valence-electron chi connectivity index (χ3n) is 7.56. The van der Waals surface area contributed by atoms with Gasteiger partial charge in [-0.15, -0.1) is 0 Å². The second-order valence-corrected chi connectivity index (χ2v) is 9.64. The molecule has 0 aromatic heterocycles. The lowest BCUT2D eigenvalue weighted by Crippen LogP contribution is -2.56. The third kappa shape index (κ3) is 4.15. The molecule has 7 heteroatoms. The summed E-state index contributed by atoms with van der Waals surface area (Å²) in [5.41, 5.74) is 4.58. The monoisotopic (exact) mass is 462 g/mol. The fraction of sp³-hybridized carbons (Fsp3) is 0.444. The van der Waals surface area contributed by atoms with Crippen LogP contribution in [-0.4, -0.2) is 53.2 Å². The van der Waals surface area contributed by atoms with Crippen molar-refractivity contribution >= 4 is 18.0 Å². The number of ether oxygens (including phenoxy) is 1. The van der Waals surface area contributed by atoms with Crippen molar-refractivity contribution in [2.24, 2.45) is 11.8 Å². The van der Waals surface area contributed by atoms with Crippen molar-refractivity contribution in [3.8, 4) is 11.1 Å². The average molecular weight is 463 g/mol. The van der Waals surface area contributed by atoms with Crippen molar-refractivity contribution < 1.29 is 24.2 Å². The summed E-state index contributed by atoms with van der Waals surface area (Å²) in [6.45, 7) is 2.49. The summed E-state index contributed by atoms with van der Waals surface area (Å²) in [4.78, 5) is 39.4. The fourth-order valence-electron chi connectivity index (χ4n) is 5.54. The highest BCUT2D eigenvalue weighted by Crippen LogP contribution is 2.44. The SMILES string of the molecule is C[C@H]1[C@@H](C(=O)O)CCCN1C(=O)C(NC(=O)OCC1c2ccccc2-c2ccccc21)C1CC1. The van der Waals surface area contributed by atoms with Crippen molar-refractivity contribution in [3.63, 3.8) is 0 Å². The molecule has 5 rings (SSSR count). The summed E-state index contributed by atoms with van der Waals surface area (Å²) in [7, 11) is 0. The summed E-state index contributed by atoms with van der Waals surface area (Å²) in [5.74, 6) is -1.63. The second-order valence-electron chi connectivity index (χ2n) is 9.64. The van der Waals surface area contributed by atoms with Crippen molar-refractivity contribution in [1.29, 1.82) is 0 Å². The van der Waals surface area contributed by atoms with Gasteiger partial charge in [0, 0.05) is 18.5 Å². The predicted molar refractivity (Wildman–Crippen MR) is 126 cm³/mol. The van der Waals surface area contributed by atoms with Gasteiger partial charge >= 0.3 is 12.1 Å². The minimum Gasteiger partial charge on any atom is -0.481 e. The van der Waals surface area contributed by atoms with Crippen molar-refractivity contribution in [1.82, 2.24) is 10.2 Å². The first-order chi connectivity index (χ1) is 16.5. The Hall–Kier alpha value is -3.35. The molecule has 34 heavy (non-hydrogen) atoms. The molecular formula is C27H30N2O5. The largest absolute Gasteiger partial charge is 0.481 e. The van der Waals surface area contributed by atoms with Crippen LogP contribution in [0.1, 0.15) is 49.7 Å². The van der Waals surface area contributed by atoms with Gasteiger partial charge in [-0.05, 0) is 60.8 Å². The van der Waals surface area contributed by atoms with Crippen LogP contribution in [0.25, 0.3) is 11.1 Å². The standard InChI is InChI=1S/C27H30N2O5/c1-16-18(26(31)32)11-6-14-29(16)25(30)24(17-12-13-17)28-27(33)34-15-23-21-9-4-2-7-19(21)20-8-3-5-10-22(20)23/h2-5,7-10,16-18,23-24H,6,11-15H2,1H3,(H,28,33)(H,31,32)/t16-,18-,24?/m0/s1. The van der Waals surface area contributed by atoms with Gasteiger partial charge in [-0.2, -0.15) is 0 Å². The molecule has 2 amide bonds. The molecule has 178 valence electrons. The van der Waals surface area contributed by atoms with Gasteiger partial charge in [0.25, 0.3) is 0 Å². The van der Waals surface area contributed by atoms with Gasteiger partial charge in [-0.3, -0.25) is 9.59 Å². The molecule has 2 fully saturated rings. The third-order valence-corrected chi connectivity index (χ3v) is 7.56. The summed E-state index contributed by atoms with van der Waals surface area (Å²) in [5, 5.41) is 12.3. The smallest absolute Gasteiger partial charge is 0.407 e. The summed E-state index contributed by atoms with van der Waals surface area (Å²) in [6.07, 6.45) is 2.34. The number of benzene rings is 2. The molecular weight excluding hydrogens is 432 g/mol. The van der Waals surface area contributed by atoms with Gasteiger partial charge in [-0.25, -0.2) is 4.79 Å². The van der Waals surface area contributed by atoms with E-state index < -0.39 is 30.1 Å². The van der Waals surface area contributed by atoms with Gasteiger partial charge in [0.05, 0.1) is 5.92 Å². The number of hydrogen-bond acceptors (Lipinski definition) is 4. The fourth-order valence-corrected chi connectivity index (χ4v) is 5.54. The number of nitrogens with zero attached hydrogens (tertiary/aromatic N) is 1. The molecule has 2 aromatic carbocycles. The Morgan fingerprint density at radius 2 is 1.65 bits per heavy atom. The van der Waals surface area contributed by atoms with E-state index in [0.29, 0.717) is 19.4 Å². The molecule has 2 aliphatic carbocycles. The lowest BCUT2D eigenvalue weighted by Gasteiger charge is -2.39. The number of rotatable bonds is 6. The molecule has 0 bridgehead atoms. The number of fused-ring (bicyclic) bond motifs is 3. The molecule has 0 spiro atoms. The zero-order valence-electron chi connectivity index (χ0n) is 19.3. The van der Waals surface area contributed by atoms with Crippen LogP contribution in [0.4, 0.5) is 4.79 Å². The van der Waals surface area contributed by atoms with Crippen LogP contribution in [0.2, 0.25) is 0 Å². The molecule has 1 heterocycles. The van der Waals surface area contributed by atoms with Gasteiger partial charge < -0.3 is 20.1 Å². The van der Waals surface area contributed by atoms with E-state index in [-0.39, 0.29) is 24.3 Å². The number of piperidine rings is 1. The van der Waals surface area contributed by atoms with Crippen LogP contribution in [0.15, 0.2) is 48.5 Å². The number of likely N-dealkylation sites (tertiary alicyclic amines) is 1. The number of carbonyl (C=O) groups excluding carboxylic acids is 2. The predicted octanol–water partition coefficient (Wildman–Crippen LogP) is 4.02. The molecule has 2 aromatic rings. The highest BCUT2D eigenvalue weighted by Gasteiger charge is 2.44. The first-order valence-corrected chi connectivity index (χ1v) is 12.1. The van der Waals surface area contributed by atoms with E-state index in [4.69, 9.17) is 4.74 Å². The van der Waals surface area contributed by atoms with Gasteiger partial charge in [0.15, 0.2) is 0 Å². The van der Waals surface area contributed by atoms with E-state index in [9.17, 15) is 19.5 Å². The Balaban J connectivity index is 1.26. The molecule has 1 saturated carbocycles. The van der Waals surface area contributed by atoms with Crippen LogP contribution in [-0.2, 0) is 14.3 Å². The molecule has 0 radical (unpaired) electrons. The summed E-state index contributed by atoms with van der Waals surface area (Å²) >= 11 is 0. The van der Waals surface area contributed by atoms with E-state index in [0.717, 1.165) is 35.1 Å². The summed E-state index contributed by atoms with van der Waals surface area (Å²) < 4.78 is 5.66. The molecule has 1 saturated heterocycles. The van der Waals surface area contributed by atoms with E-state index in [1.54, 1.807) is 11.8 Å². The molecule has 2 N–H and O–H groups in total. The number of carboxylic acids is 1. The molecule has 1 unspecified atom stereocenters. The van der Waals surface area contributed by atoms with E-state index in [1.165, 1.54) is 0 Å². The van der Waals surface area contributed by atoms with Gasteiger partial charge in [0.2, 0.25) is 5.91 Å². The number of amides is 2. The van der Waals surface area contributed by atoms with E-state index in [2.05, 4.69) is 29.6 Å². The van der Waals surface area contributed by atoms with Gasteiger partial charge in [-0.1, -0.05) is 48.5 Å². The van der Waals surface area contributed by atoms with Gasteiger partial charge in [0.1, 0.15) is 12.6 Å². The van der Waals surface area contributed by atoms with E-state index >= 15 is 0 Å². The van der Waals surface area contributed by atoms with Crippen LogP contribution < -0.4 is 5.32 Å². The number of carboxylic acid groups (broad SMARTS) is 1. The lowest BCUT2D eigenvalue weighted by molar-refractivity contribution is -0.150. The number of nitrogens with one attached hydrogen (secondary N) is 1. The number of aliphatic carboxylic acids is 1. The average Bonchev–Trinajstić information content (AvgIpc) is 3.63. The molecule has 3 atom stereocenters. The molecule has 1 aliphatic heterocycles. The highest BCUT2D eigenvalue weighted by atomic mass is 16.5. The zero-order valence-corrected chi connectivity index (χ0v) is 19.3. The van der Waals surface area contributed by atoms with Crippen molar-refractivity contribution in [2.75, 3.05) is 13.2 Å². The molecule has 7 nitrogen and oxygen atoms in total. The van der Waals surface area contributed by atoms with Crippen LogP contribution in [0, 0.1) is 11.8 Å². The maximum absolute atomic E-state index is 13.3. The quantitative estimate of drug-likeness (QED) is 0.676. The van der Waals surface area contributed by atoms with Crippen molar-refractivity contribution in [2.45, 2.75) is 50.6 Å². The van der Waals surface area contributed by atoms with Crippen LogP contribution >= 0.6 is 0 Å². The first-order valence-electron chi connectivity index (χ1n) is 12.1. The summed E-state index contributed by atoms with van der Waals surface area (Å²) in [6, 6.07) is 15.2. The van der Waals surface area contributed by atoms with Crippen molar-refractivity contribution in [3.05, 3.63) is 59.7 Å². The lowest BCUT2D eigenvalue weighted by atomic mass is 9.89. The van der Waals surface area contributed by atoms with Crippen LogP contribution in [0.5, 0.6) is 0 Å². The zero-order chi connectivity index (χ0) is 23.8. The second kappa shape index (κ2) is 9.12. The Morgan fingerprint density at radius 3 is 2.24 bits per heavy atom.